The Labute approximate surface area is 70.6 Å². The van der Waals surface area contributed by atoms with Crippen LogP contribution in [0.3, 0.4) is 0 Å². The first-order chi connectivity index (χ1) is 4.97. The summed E-state index contributed by atoms with van der Waals surface area (Å²) in [5, 5.41) is 8.34. The maximum Gasteiger partial charge on any atom is 0.0482 e. The van der Waals surface area contributed by atoms with Crippen molar-refractivity contribution < 1.29 is 9.84 Å². The molecule has 2 radical (unpaired) electrons. The van der Waals surface area contributed by atoms with Crippen LogP contribution in [-0.4, -0.2) is 25.4 Å². The van der Waals surface area contributed by atoms with E-state index >= 15 is 0 Å². The van der Waals surface area contributed by atoms with E-state index < -0.39 is 0 Å². The lowest BCUT2D eigenvalue weighted by Gasteiger charge is -2.11. The summed E-state index contributed by atoms with van der Waals surface area (Å²) in [4.78, 5) is 0. The molecule has 0 heterocycles. The summed E-state index contributed by atoms with van der Waals surface area (Å²) in [6.07, 6.45) is 0.872. The Morgan fingerprint density at radius 3 is 1.82 bits per heavy atom. The van der Waals surface area contributed by atoms with Gasteiger partial charge in [-0.3, -0.25) is 0 Å². The fraction of sp³-hybridized carbons (Fsp3) is 0.778. The van der Waals surface area contributed by atoms with Crippen molar-refractivity contribution in [2.75, 3.05) is 20.3 Å². The minimum absolute atomic E-state index is 0.153. The molecule has 11 heavy (non-hydrogen) atoms. The highest BCUT2D eigenvalue weighted by Gasteiger charge is 2.05. The summed E-state index contributed by atoms with van der Waals surface area (Å²) in [6.45, 7) is 11.9. The Balaban J connectivity index is 0. The fourth-order valence-electron chi connectivity index (χ4n) is 0.144. The van der Waals surface area contributed by atoms with Crippen molar-refractivity contribution in [3.05, 3.63) is 13.8 Å². The van der Waals surface area contributed by atoms with Crippen LogP contribution in [0.1, 0.15) is 20.3 Å². The minimum atomic E-state index is -0.153. The van der Waals surface area contributed by atoms with Crippen molar-refractivity contribution in [2.45, 2.75) is 20.3 Å². The first-order valence-electron chi connectivity index (χ1n) is 3.72. The molecular weight excluding hydrogens is 140 g/mol. The van der Waals surface area contributed by atoms with Gasteiger partial charge in [0.15, 0.2) is 0 Å². The van der Waals surface area contributed by atoms with Crippen LogP contribution in [0.4, 0.5) is 0 Å². The Morgan fingerprint density at radius 2 is 1.82 bits per heavy atom. The standard InChI is InChI=1S/C5H11O.C4H9O/c1-5(2,3)4-6;1-3-4-5-2/h6H,1,4H2,2-3H3;1,3-4H2,2H3. The maximum absolute atomic E-state index is 8.34. The number of aliphatic hydroxyl groups is 1. The number of aliphatic hydroxyl groups excluding tert-OH is 1. The third-order valence-corrected chi connectivity index (χ3v) is 0.776. The molecule has 0 saturated carbocycles. The van der Waals surface area contributed by atoms with E-state index in [1.807, 2.05) is 13.8 Å². The molecular formula is C9H20O2. The molecule has 0 rings (SSSR count). The summed E-state index contributed by atoms with van der Waals surface area (Å²) in [6, 6.07) is 0. The summed E-state index contributed by atoms with van der Waals surface area (Å²) >= 11 is 0. The quantitative estimate of drug-likeness (QED) is 0.681. The van der Waals surface area contributed by atoms with Gasteiger partial charge in [0.25, 0.3) is 0 Å². The molecule has 0 saturated heterocycles. The van der Waals surface area contributed by atoms with Gasteiger partial charge in [-0.05, 0) is 18.8 Å². The molecule has 0 aliphatic rings. The van der Waals surface area contributed by atoms with Gasteiger partial charge in [0.1, 0.15) is 0 Å². The number of rotatable bonds is 3. The average Bonchev–Trinajstić information content (AvgIpc) is 1.90. The van der Waals surface area contributed by atoms with E-state index in [9.17, 15) is 0 Å². The summed E-state index contributed by atoms with van der Waals surface area (Å²) in [5.74, 6) is 0. The van der Waals surface area contributed by atoms with Crippen molar-refractivity contribution in [3.8, 4) is 0 Å². The van der Waals surface area contributed by atoms with Gasteiger partial charge in [-0.15, -0.1) is 0 Å². The van der Waals surface area contributed by atoms with Crippen LogP contribution in [0, 0.1) is 19.3 Å². The largest absolute Gasteiger partial charge is 0.396 e. The van der Waals surface area contributed by atoms with Gasteiger partial charge in [-0.2, -0.15) is 0 Å². The van der Waals surface area contributed by atoms with Crippen LogP contribution in [0.5, 0.6) is 0 Å². The van der Waals surface area contributed by atoms with E-state index in [-0.39, 0.29) is 12.0 Å². The lowest BCUT2D eigenvalue weighted by atomic mass is 9.99. The highest BCUT2D eigenvalue weighted by molar-refractivity contribution is 4.67. The van der Waals surface area contributed by atoms with Gasteiger partial charge in [-0.25, -0.2) is 0 Å². The lowest BCUT2D eigenvalue weighted by Crippen LogP contribution is -2.10. The Morgan fingerprint density at radius 1 is 1.45 bits per heavy atom. The molecule has 0 aromatic carbocycles. The third-order valence-electron chi connectivity index (χ3n) is 0.776. The zero-order valence-corrected chi connectivity index (χ0v) is 7.89. The van der Waals surface area contributed by atoms with Crippen molar-refractivity contribution in [1.82, 2.24) is 0 Å². The minimum Gasteiger partial charge on any atom is -0.396 e. The van der Waals surface area contributed by atoms with E-state index in [1.54, 1.807) is 7.11 Å². The molecule has 0 aromatic heterocycles. The van der Waals surface area contributed by atoms with Crippen LogP contribution >= 0.6 is 0 Å². The van der Waals surface area contributed by atoms with Crippen LogP contribution < -0.4 is 0 Å². The normalized spacial score (nSPS) is 10.4. The Bertz CT molecular complexity index is 62.5. The Hall–Kier alpha value is -0.0800. The van der Waals surface area contributed by atoms with E-state index in [1.165, 1.54) is 0 Å². The molecule has 0 aromatic rings. The van der Waals surface area contributed by atoms with E-state index in [4.69, 9.17) is 5.11 Å². The van der Waals surface area contributed by atoms with Gasteiger partial charge in [0.2, 0.25) is 0 Å². The molecule has 0 unspecified atom stereocenters. The predicted octanol–water partition coefficient (Wildman–Crippen LogP) is 1.70. The van der Waals surface area contributed by atoms with Crippen LogP contribution in [0.15, 0.2) is 0 Å². The van der Waals surface area contributed by atoms with Crippen molar-refractivity contribution in [1.29, 1.82) is 0 Å². The van der Waals surface area contributed by atoms with E-state index in [0.717, 1.165) is 13.0 Å². The maximum atomic E-state index is 8.34. The van der Waals surface area contributed by atoms with Crippen LogP contribution in [0.25, 0.3) is 0 Å². The highest BCUT2D eigenvalue weighted by Crippen LogP contribution is 2.08. The van der Waals surface area contributed by atoms with Gasteiger partial charge >= 0.3 is 0 Å². The zero-order valence-electron chi connectivity index (χ0n) is 7.89. The number of ether oxygens (including phenoxy) is 1. The highest BCUT2D eigenvalue weighted by atomic mass is 16.5. The molecule has 0 amide bonds. The SMILES string of the molecule is [CH2]C(C)(C)CO.[CH2]CCOC. The average molecular weight is 160 g/mol. The molecule has 0 aliphatic heterocycles. The fourth-order valence-corrected chi connectivity index (χ4v) is 0.144. The number of hydrogen-bond acceptors (Lipinski definition) is 2. The van der Waals surface area contributed by atoms with Gasteiger partial charge in [0, 0.05) is 20.3 Å². The number of methoxy groups -OCH3 is 1. The van der Waals surface area contributed by atoms with Crippen molar-refractivity contribution >= 4 is 0 Å². The Kier molecular flexibility index (Phi) is 9.85. The molecule has 0 aliphatic carbocycles. The molecule has 1 N–H and O–H groups in total. The van der Waals surface area contributed by atoms with Crippen molar-refractivity contribution in [2.24, 2.45) is 5.41 Å². The monoisotopic (exact) mass is 160 g/mol. The summed E-state index contributed by atoms with van der Waals surface area (Å²) < 4.78 is 4.63. The first kappa shape index (κ1) is 13.5. The van der Waals surface area contributed by atoms with Crippen LogP contribution in [-0.2, 0) is 4.74 Å². The predicted molar refractivity (Wildman–Crippen MR) is 48.1 cm³/mol. The second kappa shape index (κ2) is 8.02. The number of hydrogen-bond donors (Lipinski definition) is 1. The van der Waals surface area contributed by atoms with Gasteiger partial charge < -0.3 is 9.84 Å². The third kappa shape index (κ3) is 25.7. The first-order valence-corrected chi connectivity index (χ1v) is 3.72. The molecule has 68 valence electrons. The summed E-state index contributed by atoms with van der Waals surface area (Å²) in [5.41, 5.74) is -0.153. The molecule has 2 heteroatoms. The van der Waals surface area contributed by atoms with Crippen LogP contribution in [0.2, 0.25) is 0 Å². The lowest BCUT2D eigenvalue weighted by molar-refractivity contribution is 0.197. The van der Waals surface area contributed by atoms with E-state index in [0.29, 0.717) is 0 Å². The van der Waals surface area contributed by atoms with E-state index in [2.05, 4.69) is 18.6 Å². The van der Waals surface area contributed by atoms with Gasteiger partial charge in [-0.1, -0.05) is 20.8 Å². The molecule has 0 spiro atoms. The second-order valence-corrected chi connectivity index (χ2v) is 3.17. The summed E-state index contributed by atoms with van der Waals surface area (Å²) in [7, 11) is 1.67. The van der Waals surface area contributed by atoms with Gasteiger partial charge in [0.05, 0.1) is 0 Å². The van der Waals surface area contributed by atoms with Crippen molar-refractivity contribution in [3.63, 3.8) is 0 Å². The molecule has 0 atom stereocenters. The second-order valence-electron chi connectivity index (χ2n) is 3.17. The molecule has 0 bridgehead atoms. The smallest absolute Gasteiger partial charge is 0.0482 e. The zero-order chi connectivity index (χ0) is 9.33. The molecule has 0 fully saturated rings. The molecule has 2 nitrogen and oxygen atoms in total. The topological polar surface area (TPSA) is 29.5 Å².